The number of aromatic nitrogens is 2. The molecule has 7 heteroatoms. The van der Waals surface area contributed by atoms with Crippen LogP contribution in [0.1, 0.15) is 12.5 Å². The van der Waals surface area contributed by atoms with E-state index in [0.29, 0.717) is 5.69 Å². The van der Waals surface area contributed by atoms with E-state index in [1.165, 1.54) is 12.1 Å². The summed E-state index contributed by atoms with van der Waals surface area (Å²) >= 11 is 0. The number of fused-ring (bicyclic) bond motifs is 2. The number of halogens is 1. The zero-order valence-corrected chi connectivity index (χ0v) is 14.0. The highest BCUT2D eigenvalue weighted by Gasteiger charge is 2.26. The molecule has 0 aliphatic carbocycles. The smallest absolute Gasteiger partial charge is 0.163 e. The molecule has 2 aliphatic heterocycles. The average Bonchev–Trinajstić information content (AvgIpc) is 2.92. The molecule has 0 unspecified atom stereocenters. The summed E-state index contributed by atoms with van der Waals surface area (Å²) in [6.07, 6.45) is 2.02. The number of piperazine rings is 1. The van der Waals surface area contributed by atoms with E-state index in [2.05, 4.69) is 34.2 Å². The quantitative estimate of drug-likeness (QED) is 0.873. The topological polar surface area (TPSA) is 48.7 Å². The molecule has 24 heavy (non-hydrogen) atoms. The summed E-state index contributed by atoms with van der Waals surface area (Å²) in [5.74, 6) is 1.37. The first kappa shape index (κ1) is 15.1. The van der Waals surface area contributed by atoms with Gasteiger partial charge in [0.15, 0.2) is 5.82 Å². The van der Waals surface area contributed by atoms with Crippen LogP contribution in [-0.2, 0) is 6.54 Å². The normalized spacial score (nSPS) is 17.6. The first-order chi connectivity index (χ1) is 11.6. The maximum atomic E-state index is 13.7. The van der Waals surface area contributed by atoms with Crippen LogP contribution >= 0.6 is 0 Å². The van der Waals surface area contributed by atoms with Gasteiger partial charge in [-0.05, 0) is 26.1 Å². The van der Waals surface area contributed by atoms with Crippen molar-refractivity contribution in [1.29, 1.82) is 0 Å². The number of benzene rings is 1. The van der Waals surface area contributed by atoms with Crippen LogP contribution in [0, 0.1) is 5.82 Å². The van der Waals surface area contributed by atoms with Gasteiger partial charge < -0.3 is 15.1 Å². The fourth-order valence-corrected chi connectivity index (χ4v) is 3.10. The Balaban J connectivity index is 1.82. The maximum Gasteiger partial charge on any atom is 0.163 e. The molecule has 1 aromatic heterocycles. The molecule has 6 nitrogen and oxygen atoms in total. The average molecular weight is 328 g/mol. The molecule has 3 heterocycles. The van der Waals surface area contributed by atoms with E-state index in [1.54, 1.807) is 6.07 Å². The Bertz CT molecular complexity index is 788. The predicted molar refractivity (Wildman–Crippen MR) is 92.9 cm³/mol. The van der Waals surface area contributed by atoms with Crippen molar-refractivity contribution in [3.05, 3.63) is 35.8 Å². The number of hydrogen-bond donors (Lipinski definition) is 1. The second-order valence-corrected chi connectivity index (χ2v) is 6.26. The molecule has 1 saturated heterocycles. The monoisotopic (exact) mass is 328 g/mol. The van der Waals surface area contributed by atoms with E-state index in [0.717, 1.165) is 55.6 Å². The number of rotatable bonds is 1. The molecule has 0 atom stereocenters. The van der Waals surface area contributed by atoms with Crippen LogP contribution in [0.4, 0.5) is 21.6 Å². The van der Waals surface area contributed by atoms with Gasteiger partial charge in [-0.2, -0.15) is 5.10 Å². The van der Waals surface area contributed by atoms with Crippen molar-refractivity contribution < 1.29 is 4.39 Å². The number of likely N-dealkylation sites (N-methyl/N-ethyl adjacent to an activating group) is 1. The minimum atomic E-state index is -0.282. The fraction of sp³-hybridized carbons (Fsp3) is 0.412. The van der Waals surface area contributed by atoms with Crippen molar-refractivity contribution in [3.8, 4) is 0 Å². The van der Waals surface area contributed by atoms with Gasteiger partial charge in [0.25, 0.3) is 0 Å². The minimum Gasteiger partial charge on any atom is -0.353 e. The summed E-state index contributed by atoms with van der Waals surface area (Å²) in [6, 6.07) is 4.63. The molecule has 0 spiro atoms. The van der Waals surface area contributed by atoms with E-state index in [4.69, 9.17) is 4.99 Å². The standard InChI is InChI=1S/C17H21FN6/c1-3-24-11-13-16(21-24)19-14-5-4-12(18)10-15(14)20-17(13)23-8-6-22(2)7-9-23/h4-5,10-11H,3,6-9H2,1-2H3,(H,19,21). The van der Waals surface area contributed by atoms with Gasteiger partial charge in [0.05, 0.1) is 16.9 Å². The first-order valence-corrected chi connectivity index (χ1v) is 8.30. The second kappa shape index (κ2) is 5.90. The molecule has 1 aromatic carbocycles. The zero-order valence-electron chi connectivity index (χ0n) is 14.0. The van der Waals surface area contributed by atoms with Gasteiger partial charge in [0.2, 0.25) is 0 Å². The molecule has 0 bridgehead atoms. The largest absolute Gasteiger partial charge is 0.353 e. The van der Waals surface area contributed by atoms with Crippen molar-refractivity contribution in [2.45, 2.75) is 13.5 Å². The van der Waals surface area contributed by atoms with Gasteiger partial charge in [-0.25, -0.2) is 9.38 Å². The van der Waals surface area contributed by atoms with Gasteiger partial charge in [-0.1, -0.05) is 0 Å². The number of anilines is 2. The summed E-state index contributed by atoms with van der Waals surface area (Å²) in [4.78, 5) is 9.37. The van der Waals surface area contributed by atoms with E-state index in [1.807, 2.05) is 10.9 Å². The number of aliphatic imine (C=N–C) groups is 1. The van der Waals surface area contributed by atoms with E-state index < -0.39 is 0 Å². The van der Waals surface area contributed by atoms with Gasteiger partial charge >= 0.3 is 0 Å². The molecule has 0 radical (unpaired) electrons. The molecule has 2 aromatic rings. The van der Waals surface area contributed by atoms with Gasteiger partial charge in [-0.15, -0.1) is 0 Å². The third kappa shape index (κ3) is 2.65. The van der Waals surface area contributed by atoms with Gasteiger partial charge in [0.1, 0.15) is 11.7 Å². The lowest BCUT2D eigenvalue weighted by molar-refractivity contribution is 0.216. The summed E-state index contributed by atoms with van der Waals surface area (Å²) in [5, 5.41) is 7.92. The molecule has 4 rings (SSSR count). The highest BCUT2D eigenvalue weighted by Crippen LogP contribution is 2.34. The highest BCUT2D eigenvalue weighted by molar-refractivity contribution is 6.06. The lowest BCUT2D eigenvalue weighted by Gasteiger charge is -2.34. The number of aryl methyl sites for hydroxylation is 1. The first-order valence-electron chi connectivity index (χ1n) is 8.30. The van der Waals surface area contributed by atoms with Crippen LogP contribution in [0.5, 0.6) is 0 Å². The Labute approximate surface area is 140 Å². The molecule has 1 N–H and O–H groups in total. The van der Waals surface area contributed by atoms with Crippen molar-refractivity contribution in [2.75, 3.05) is 38.5 Å². The summed E-state index contributed by atoms with van der Waals surface area (Å²) < 4.78 is 15.6. The third-order valence-corrected chi connectivity index (χ3v) is 4.57. The van der Waals surface area contributed by atoms with Crippen LogP contribution in [0.25, 0.3) is 0 Å². The van der Waals surface area contributed by atoms with Crippen LogP contribution in [0.3, 0.4) is 0 Å². The van der Waals surface area contributed by atoms with Crippen molar-refractivity contribution >= 4 is 23.0 Å². The molecule has 0 amide bonds. The van der Waals surface area contributed by atoms with Crippen molar-refractivity contribution in [2.24, 2.45) is 4.99 Å². The molecule has 2 aliphatic rings. The van der Waals surface area contributed by atoms with Gasteiger partial charge in [-0.3, -0.25) is 4.68 Å². The molecular formula is C17H21FN6. The molecule has 126 valence electrons. The summed E-state index contributed by atoms with van der Waals surface area (Å²) in [6.45, 7) is 6.62. The minimum absolute atomic E-state index is 0.282. The third-order valence-electron chi connectivity index (χ3n) is 4.57. The number of nitrogens with one attached hydrogen (secondary N) is 1. The summed E-state index contributed by atoms with van der Waals surface area (Å²) in [5.41, 5.74) is 2.37. The SMILES string of the molecule is CCn1cc2c(n1)Nc1ccc(F)cc1N=C2N1CCN(C)CC1. The van der Waals surface area contributed by atoms with Crippen molar-refractivity contribution in [1.82, 2.24) is 19.6 Å². The zero-order chi connectivity index (χ0) is 16.7. The summed E-state index contributed by atoms with van der Waals surface area (Å²) in [7, 11) is 2.12. The second-order valence-electron chi connectivity index (χ2n) is 6.26. The van der Waals surface area contributed by atoms with Crippen LogP contribution in [0.2, 0.25) is 0 Å². The van der Waals surface area contributed by atoms with Gasteiger partial charge in [0, 0.05) is 45.0 Å². The number of nitrogens with zero attached hydrogens (tertiary/aromatic N) is 5. The number of amidine groups is 1. The maximum absolute atomic E-state index is 13.7. The van der Waals surface area contributed by atoms with Crippen LogP contribution < -0.4 is 5.32 Å². The molecular weight excluding hydrogens is 307 g/mol. The highest BCUT2D eigenvalue weighted by atomic mass is 19.1. The fourth-order valence-electron chi connectivity index (χ4n) is 3.10. The molecule has 1 fully saturated rings. The Morgan fingerprint density at radius 3 is 2.75 bits per heavy atom. The lowest BCUT2D eigenvalue weighted by Crippen LogP contribution is -2.47. The molecule has 0 saturated carbocycles. The van der Waals surface area contributed by atoms with Crippen LogP contribution in [0.15, 0.2) is 29.4 Å². The Hall–Kier alpha value is -2.41. The van der Waals surface area contributed by atoms with E-state index >= 15 is 0 Å². The number of hydrogen-bond acceptors (Lipinski definition) is 5. The Kier molecular flexibility index (Phi) is 3.72. The Morgan fingerprint density at radius 1 is 1.21 bits per heavy atom. The van der Waals surface area contributed by atoms with Crippen LogP contribution in [-0.4, -0.2) is 58.6 Å². The Morgan fingerprint density at radius 2 is 2.00 bits per heavy atom. The van der Waals surface area contributed by atoms with Crippen molar-refractivity contribution in [3.63, 3.8) is 0 Å². The van der Waals surface area contributed by atoms with E-state index in [-0.39, 0.29) is 5.82 Å². The predicted octanol–water partition coefficient (Wildman–Crippen LogP) is 2.42. The lowest BCUT2D eigenvalue weighted by atomic mass is 10.2. The van der Waals surface area contributed by atoms with E-state index in [9.17, 15) is 4.39 Å².